The molecule has 0 bridgehead atoms. The maximum atomic E-state index is 9.57. The molecule has 102 valence electrons. The molecular formula is C14H25N3O. The normalized spacial score (nSPS) is 25.3. The zero-order chi connectivity index (χ0) is 13.2. The van der Waals surface area contributed by atoms with Crippen LogP contribution < -0.4 is 5.32 Å². The van der Waals surface area contributed by atoms with E-state index in [4.69, 9.17) is 0 Å². The Labute approximate surface area is 109 Å². The Bertz CT molecular complexity index is 373. The molecule has 2 N–H and O–H groups in total. The summed E-state index contributed by atoms with van der Waals surface area (Å²) in [4.78, 5) is 4.28. The van der Waals surface area contributed by atoms with Gasteiger partial charge in [-0.25, -0.2) is 4.98 Å². The number of aromatic nitrogens is 2. The van der Waals surface area contributed by atoms with E-state index in [0.29, 0.717) is 6.04 Å². The molecule has 1 fully saturated rings. The average molecular weight is 251 g/mol. The maximum Gasteiger partial charge on any atom is 0.0951 e. The zero-order valence-corrected chi connectivity index (χ0v) is 11.7. The highest BCUT2D eigenvalue weighted by Gasteiger charge is 2.22. The second kappa shape index (κ2) is 5.41. The van der Waals surface area contributed by atoms with E-state index in [9.17, 15) is 5.11 Å². The Hall–Kier alpha value is -0.870. The lowest BCUT2D eigenvalue weighted by atomic mass is 9.93. The van der Waals surface area contributed by atoms with Crippen molar-refractivity contribution in [2.24, 2.45) is 0 Å². The van der Waals surface area contributed by atoms with Gasteiger partial charge in [0.1, 0.15) is 0 Å². The van der Waals surface area contributed by atoms with Crippen LogP contribution in [0, 0.1) is 0 Å². The monoisotopic (exact) mass is 251 g/mol. The average Bonchev–Trinajstić information content (AvgIpc) is 2.75. The lowest BCUT2D eigenvalue weighted by Gasteiger charge is -2.28. The molecule has 4 heteroatoms. The minimum atomic E-state index is -0.0964. The van der Waals surface area contributed by atoms with Gasteiger partial charge in [0.05, 0.1) is 18.1 Å². The first-order valence-electron chi connectivity index (χ1n) is 6.89. The first-order valence-corrected chi connectivity index (χ1v) is 6.89. The van der Waals surface area contributed by atoms with Crippen molar-refractivity contribution < 1.29 is 5.11 Å². The lowest BCUT2D eigenvalue weighted by molar-refractivity contribution is 0.110. The van der Waals surface area contributed by atoms with Crippen molar-refractivity contribution in [2.45, 2.75) is 70.7 Å². The smallest absolute Gasteiger partial charge is 0.0951 e. The van der Waals surface area contributed by atoms with E-state index < -0.39 is 0 Å². The van der Waals surface area contributed by atoms with E-state index in [-0.39, 0.29) is 11.6 Å². The number of rotatable bonds is 3. The van der Waals surface area contributed by atoms with Crippen LogP contribution in [0.1, 0.15) is 58.2 Å². The molecule has 1 aromatic heterocycles. The largest absolute Gasteiger partial charge is 0.393 e. The molecule has 18 heavy (non-hydrogen) atoms. The zero-order valence-electron chi connectivity index (χ0n) is 11.7. The summed E-state index contributed by atoms with van der Waals surface area (Å²) >= 11 is 0. The van der Waals surface area contributed by atoms with E-state index in [1.54, 1.807) is 0 Å². The summed E-state index contributed by atoms with van der Waals surface area (Å²) in [6, 6.07) is 0.507. The van der Waals surface area contributed by atoms with Gasteiger partial charge in [0, 0.05) is 24.3 Å². The number of aliphatic hydroxyl groups is 1. The Morgan fingerprint density at radius 1 is 1.33 bits per heavy atom. The topological polar surface area (TPSA) is 50.1 Å². The summed E-state index contributed by atoms with van der Waals surface area (Å²) in [5.41, 5.74) is 1.36. The second-order valence-electron chi connectivity index (χ2n) is 6.36. The first-order chi connectivity index (χ1) is 8.46. The predicted octanol–water partition coefficient (Wildman–Crippen LogP) is 2.25. The molecule has 2 rings (SSSR count). The van der Waals surface area contributed by atoms with Crippen molar-refractivity contribution in [1.82, 2.24) is 14.9 Å². The van der Waals surface area contributed by atoms with Gasteiger partial charge in [0.15, 0.2) is 0 Å². The molecule has 1 heterocycles. The van der Waals surface area contributed by atoms with Gasteiger partial charge in [-0.3, -0.25) is 0 Å². The van der Waals surface area contributed by atoms with E-state index in [1.807, 2.05) is 12.5 Å². The van der Waals surface area contributed by atoms with Gasteiger partial charge in [-0.05, 0) is 46.5 Å². The van der Waals surface area contributed by atoms with Crippen molar-refractivity contribution >= 4 is 0 Å². The number of hydrogen-bond acceptors (Lipinski definition) is 3. The van der Waals surface area contributed by atoms with Crippen molar-refractivity contribution in [3.8, 4) is 0 Å². The van der Waals surface area contributed by atoms with Crippen molar-refractivity contribution in [3.05, 3.63) is 18.2 Å². The van der Waals surface area contributed by atoms with Gasteiger partial charge < -0.3 is 15.0 Å². The van der Waals surface area contributed by atoms with E-state index in [0.717, 1.165) is 32.2 Å². The van der Waals surface area contributed by atoms with Gasteiger partial charge in [-0.1, -0.05) is 0 Å². The van der Waals surface area contributed by atoms with Crippen LogP contribution in [0.5, 0.6) is 0 Å². The molecular weight excluding hydrogens is 226 g/mol. The molecule has 0 atom stereocenters. The number of nitrogens with zero attached hydrogens (tertiary/aromatic N) is 2. The Balaban J connectivity index is 1.99. The van der Waals surface area contributed by atoms with Crippen LogP contribution in [0.3, 0.4) is 0 Å². The van der Waals surface area contributed by atoms with Crippen LogP contribution in [-0.2, 0) is 6.54 Å². The van der Waals surface area contributed by atoms with Crippen LogP contribution in [0.2, 0.25) is 0 Å². The summed E-state index contributed by atoms with van der Waals surface area (Å²) in [6.45, 7) is 7.36. The summed E-state index contributed by atoms with van der Waals surface area (Å²) < 4.78 is 2.28. The van der Waals surface area contributed by atoms with E-state index in [1.165, 1.54) is 5.69 Å². The molecule has 0 radical (unpaired) electrons. The molecule has 0 aromatic carbocycles. The van der Waals surface area contributed by atoms with Crippen LogP contribution >= 0.6 is 0 Å². The van der Waals surface area contributed by atoms with Crippen molar-refractivity contribution in [3.63, 3.8) is 0 Å². The highest BCUT2D eigenvalue weighted by Crippen LogP contribution is 2.29. The summed E-state index contributed by atoms with van der Waals surface area (Å²) in [5.74, 6) is 0. The van der Waals surface area contributed by atoms with Gasteiger partial charge in [-0.15, -0.1) is 0 Å². The molecule has 1 saturated carbocycles. The Kier molecular flexibility index (Phi) is 4.07. The number of aliphatic hydroxyl groups excluding tert-OH is 1. The fraction of sp³-hybridized carbons (Fsp3) is 0.786. The summed E-state index contributed by atoms with van der Waals surface area (Å²) in [7, 11) is 0. The standard InChI is InChI=1S/C14H25N3O/c1-14(2,3)16-9-12-8-15-10-17(12)11-4-6-13(18)7-5-11/h8,10-11,13,16,18H,4-7,9H2,1-3H3. The minimum absolute atomic E-state index is 0.0964. The highest BCUT2D eigenvalue weighted by molar-refractivity contribution is 5.01. The van der Waals surface area contributed by atoms with Crippen LogP contribution in [0.15, 0.2) is 12.5 Å². The van der Waals surface area contributed by atoms with Crippen molar-refractivity contribution in [2.75, 3.05) is 0 Å². The first kappa shape index (κ1) is 13.6. The number of hydrogen-bond donors (Lipinski definition) is 2. The Morgan fingerprint density at radius 3 is 2.61 bits per heavy atom. The molecule has 0 spiro atoms. The summed E-state index contributed by atoms with van der Waals surface area (Å²) in [5, 5.41) is 13.1. The van der Waals surface area contributed by atoms with Gasteiger partial charge in [0.25, 0.3) is 0 Å². The molecule has 0 saturated heterocycles. The molecule has 1 aliphatic carbocycles. The maximum absolute atomic E-state index is 9.57. The van der Waals surface area contributed by atoms with Gasteiger partial charge >= 0.3 is 0 Å². The van der Waals surface area contributed by atoms with E-state index >= 15 is 0 Å². The lowest BCUT2D eigenvalue weighted by Crippen LogP contribution is -2.36. The molecule has 4 nitrogen and oxygen atoms in total. The van der Waals surface area contributed by atoms with Gasteiger partial charge in [-0.2, -0.15) is 0 Å². The Morgan fingerprint density at radius 2 is 2.00 bits per heavy atom. The molecule has 1 aliphatic rings. The summed E-state index contributed by atoms with van der Waals surface area (Å²) in [6.07, 6.45) is 7.72. The fourth-order valence-electron chi connectivity index (χ4n) is 2.49. The third-order valence-corrected chi connectivity index (χ3v) is 3.61. The fourth-order valence-corrected chi connectivity index (χ4v) is 2.49. The minimum Gasteiger partial charge on any atom is -0.393 e. The third kappa shape index (κ3) is 3.56. The molecule has 0 aliphatic heterocycles. The quantitative estimate of drug-likeness (QED) is 0.866. The highest BCUT2D eigenvalue weighted by atomic mass is 16.3. The molecule has 0 unspecified atom stereocenters. The number of nitrogens with one attached hydrogen (secondary N) is 1. The predicted molar refractivity (Wildman–Crippen MR) is 72.3 cm³/mol. The van der Waals surface area contributed by atoms with Crippen LogP contribution in [0.25, 0.3) is 0 Å². The van der Waals surface area contributed by atoms with Crippen LogP contribution in [0.4, 0.5) is 0 Å². The van der Waals surface area contributed by atoms with E-state index in [2.05, 4.69) is 35.6 Å². The molecule has 1 aromatic rings. The van der Waals surface area contributed by atoms with Crippen molar-refractivity contribution in [1.29, 1.82) is 0 Å². The van der Waals surface area contributed by atoms with Crippen LogP contribution in [-0.4, -0.2) is 26.3 Å². The van der Waals surface area contributed by atoms with Gasteiger partial charge in [0.2, 0.25) is 0 Å². The SMILES string of the molecule is CC(C)(C)NCc1cncn1C1CCC(O)CC1. The molecule has 0 amide bonds. The third-order valence-electron chi connectivity index (χ3n) is 3.61. The number of imidazole rings is 1. The second-order valence-corrected chi connectivity index (χ2v) is 6.36.